The first-order chi connectivity index (χ1) is 10.5. The second-order valence-electron chi connectivity index (χ2n) is 4.20. The van der Waals surface area contributed by atoms with Crippen LogP contribution in [0.25, 0.3) is 5.70 Å². The van der Waals surface area contributed by atoms with Gasteiger partial charge in [-0.05, 0) is 43.2 Å². The van der Waals surface area contributed by atoms with Gasteiger partial charge in [0.15, 0.2) is 0 Å². The molecule has 0 unspecified atom stereocenters. The molecular formula is C16H23N3O3. The number of nitrogens with one attached hydrogen (secondary N) is 1. The molecule has 0 aromatic heterocycles. The van der Waals surface area contributed by atoms with E-state index in [1.165, 1.54) is 0 Å². The molecule has 0 aliphatic rings. The summed E-state index contributed by atoms with van der Waals surface area (Å²) >= 11 is 0. The van der Waals surface area contributed by atoms with Crippen molar-refractivity contribution < 1.29 is 14.3 Å². The molecule has 0 saturated heterocycles. The Morgan fingerprint density at radius 3 is 2.50 bits per heavy atom. The van der Waals surface area contributed by atoms with Gasteiger partial charge in [-0.1, -0.05) is 6.58 Å². The van der Waals surface area contributed by atoms with Gasteiger partial charge in [0.1, 0.15) is 5.75 Å². The summed E-state index contributed by atoms with van der Waals surface area (Å²) in [6, 6.07) is 7.67. The summed E-state index contributed by atoms with van der Waals surface area (Å²) in [5, 5.41) is 2.42. The molecule has 1 aromatic rings. The Kier molecular flexibility index (Phi) is 10.7. The number of aliphatic imine (C=N–C) groups is 1. The molecule has 0 heterocycles. The van der Waals surface area contributed by atoms with Crippen LogP contribution in [-0.2, 0) is 9.59 Å². The fraction of sp³-hybridized carbons (Fsp3) is 0.312. The molecule has 6 heteroatoms. The van der Waals surface area contributed by atoms with Gasteiger partial charge >= 0.3 is 0 Å². The number of carbonyl (C=O) groups excluding carboxylic acids is 2. The van der Waals surface area contributed by atoms with E-state index in [-0.39, 0.29) is 5.91 Å². The Labute approximate surface area is 131 Å². The zero-order chi connectivity index (χ0) is 16.8. The molecule has 2 amide bonds. The molecule has 0 aliphatic heterocycles. The van der Waals surface area contributed by atoms with Gasteiger partial charge in [0.25, 0.3) is 0 Å². The third kappa shape index (κ3) is 9.30. The molecule has 0 radical (unpaired) electrons. The van der Waals surface area contributed by atoms with Crippen LogP contribution < -0.4 is 15.8 Å². The van der Waals surface area contributed by atoms with E-state index in [2.05, 4.69) is 16.9 Å². The fourth-order valence-corrected chi connectivity index (χ4v) is 1.44. The number of nitrogens with zero attached hydrogens (tertiary/aromatic N) is 1. The van der Waals surface area contributed by atoms with E-state index >= 15 is 0 Å². The van der Waals surface area contributed by atoms with Gasteiger partial charge in [-0.3, -0.25) is 14.6 Å². The second kappa shape index (κ2) is 12.1. The van der Waals surface area contributed by atoms with E-state index < -0.39 is 0 Å². The van der Waals surface area contributed by atoms with E-state index in [1.54, 1.807) is 13.3 Å². The van der Waals surface area contributed by atoms with Crippen molar-refractivity contribution in [3.8, 4) is 5.75 Å². The first-order valence-corrected chi connectivity index (χ1v) is 6.82. The van der Waals surface area contributed by atoms with Crippen LogP contribution in [0.3, 0.4) is 0 Å². The summed E-state index contributed by atoms with van der Waals surface area (Å²) in [6.45, 7) is 6.22. The van der Waals surface area contributed by atoms with Crippen LogP contribution >= 0.6 is 0 Å². The molecule has 0 fully saturated rings. The van der Waals surface area contributed by atoms with Gasteiger partial charge in [0.2, 0.25) is 12.3 Å². The van der Waals surface area contributed by atoms with E-state index in [0.717, 1.165) is 17.0 Å². The number of ether oxygens (including phenoxy) is 1. The maximum absolute atomic E-state index is 10.1. The summed E-state index contributed by atoms with van der Waals surface area (Å²) in [7, 11) is 1.65. The first kappa shape index (κ1) is 19.4. The maximum Gasteiger partial charge on any atom is 0.217 e. The Morgan fingerprint density at radius 2 is 2.05 bits per heavy atom. The SMILES string of the molecule is C=C(N=CC)c1ccc(OC)cc1.NC(=O)CCCNC=O. The van der Waals surface area contributed by atoms with Crippen molar-refractivity contribution in [2.45, 2.75) is 19.8 Å². The molecule has 1 aromatic carbocycles. The lowest BCUT2D eigenvalue weighted by Crippen LogP contribution is -2.16. The topological polar surface area (TPSA) is 93.8 Å². The lowest BCUT2D eigenvalue weighted by atomic mass is 10.2. The van der Waals surface area contributed by atoms with Crippen LogP contribution in [0.2, 0.25) is 0 Å². The standard InChI is InChI=1S/C11H13NO.C5H10N2O2/c1-4-12-9(2)10-5-7-11(13-3)8-6-10;6-5(9)2-1-3-7-4-8/h4-8H,2H2,1,3H3;4H,1-3H2,(H2,6,9)(H,7,8). The number of methoxy groups -OCH3 is 1. The monoisotopic (exact) mass is 305 g/mol. The predicted molar refractivity (Wildman–Crippen MR) is 88.7 cm³/mol. The van der Waals surface area contributed by atoms with Gasteiger partial charge in [0, 0.05) is 19.2 Å². The highest BCUT2D eigenvalue weighted by atomic mass is 16.5. The third-order valence-electron chi connectivity index (χ3n) is 2.54. The van der Waals surface area contributed by atoms with Crippen LogP contribution in [0.4, 0.5) is 0 Å². The van der Waals surface area contributed by atoms with Crippen molar-refractivity contribution in [2.24, 2.45) is 10.7 Å². The summed E-state index contributed by atoms with van der Waals surface area (Å²) in [6.07, 6.45) is 3.28. The number of hydrogen-bond acceptors (Lipinski definition) is 4. The minimum atomic E-state index is -0.331. The number of amides is 2. The Hall–Kier alpha value is -2.63. The highest BCUT2D eigenvalue weighted by Crippen LogP contribution is 2.17. The lowest BCUT2D eigenvalue weighted by molar-refractivity contribution is -0.118. The average molecular weight is 305 g/mol. The quantitative estimate of drug-likeness (QED) is 0.435. The van der Waals surface area contributed by atoms with Crippen molar-refractivity contribution >= 4 is 24.2 Å². The number of nitrogens with two attached hydrogens (primary N) is 1. The molecule has 3 N–H and O–H groups in total. The highest BCUT2D eigenvalue weighted by Gasteiger charge is 1.95. The molecular weight excluding hydrogens is 282 g/mol. The van der Waals surface area contributed by atoms with E-state index in [4.69, 9.17) is 10.5 Å². The Morgan fingerprint density at radius 1 is 1.41 bits per heavy atom. The Balaban J connectivity index is 0.000000433. The first-order valence-electron chi connectivity index (χ1n) is 6.82. The van der Waals surface area contributed by atoms with Gasteiger partial charge in [0.05, 0.1) is 12.8 Å². The van der Waals surface area contributed by atoms with Crippen LogP contribution in [0.1, 0.15) is 25.3 Å². The van der Waals surface area contributed by atoms with E-state index in [9.17, 15) is 9.59 Å². The number of carbonyl (C=O) groups is 2. The van der Waals surface area contributed by atoms with E-state index in [1.807, 2.05) is 31.2 Å². The third-order valence-corrected chi connectivity index (χ3v) is 2.54. The second-order valence-corrected chi connectivity index (χ2v) is 4.20. The number of primary amides is 1. The Bertz CT molecular complexity index is 496. The highest BCUT2D eigenvalue weighted by molar-refractivity contribution is 5.73. The average Bonchev–Trinajstić information content (AvgIpc) is 2.52. The summed E-state index contributed by atoms with van der Waals surface area (Å²) < 4.78 is 5.04. The molecule has 0 saturated carbocycles. The van der Waals surface area contributed by atoms with Crippen molar-refractivity contribution in [1.29, 1.82) is 0 Å². The van der Waals surface area contributed by atoms with Crippen molar-refractivity contribution in [2.75, 3.05) is 13.7 Å². The molecule has 0 aliphatic carbocycles. The number of rotatable bonds is 8. The van der Waals surface area contributed by atoms with Crippen molar-refractivity contribution in [3.63, 3.8) is 0 Å². The van der Waals surface area contributed by atoms with Gasteiger partial charge in [-0.15, -0.1) is 0 Å². The lowest BCUT2D eigenvalue weighted by Gasteiger charge is -2.01. The largest absolute Gasteiger partial charge is 0.497 e. The minimum Gasteiger partial charge on any atom is -0.497 e. The molecule has 6 nitrogen and oxygen atoms in total. The predicted octanol–water partition coefficient (Wildman–Crippen LogP) is 1.75. The van der Waals surface area contributed by atoms with Crippen molar-refractivity contribution in [1.82, 2.24) is 5.32 Å². The molecule has 0 bridgehead atoms. The van der Waals surface area contributed by atoms with Crippen LogP contribution in [0.5, 0.6) is 5.75 Å². The van der Waals surface area contributed by atoms with Crippen molar-refractivity contribution in [3.05, 3.63) is 36.4 Å². The molecule has 22 heavy (non-hydrogen) atoms. The minimum absolute atomic E-state index is 0.331. The van der Waals surface area contributed by atoms with Gasteiger partial charge in [-0.2, -0.15) is 0 Å². The molecule has 120 valence electrons. The van der Waals surface area contributed by atoms with Gasteiger partial charge < -0.3 is 15.8 Å². The zero-order valence-electron chi connectivity index (χ0n) is 13.0. The van der Waals surface area contributed by atoms with Crippen LogP contribution in [0, 0.1) is 0 Å². The summed E-state index contributed by atoms with van der Waals surface area (Å²) in [4.78, 5) is 23.8. The fourth-order valence-electron chi connectivity index (χ4n) is 1.44. The zero-order valence-corrected chi connectivity index (χ0v) is 13.0. The van der Waals surface area contributed by atoms with Crippen LogP contribution in [-0.4, -0.2) is 32.2 Å². The number of hydrogen-bond donors (Lipinski definition) is 2. The maximum atomic E-state index is 10.1. The smallest absolute Gasteiger partial charge is 0.217 e. The molecule has 0 spiro atoms. The molecule has 0 atom stereocenters. The van der Waals surface area contributed by atoms with Gasteiger partial charge in [-0.25, -0.2) is 0 Å². The van der Waals surface area contributed by atoms with Crippen LogP contribution in [0.15, 0.2) is 35.8 Å². The summed E-state index contributed by atoms with van der Waals surface area (Å²) in [5.41, 5.74) is 6.60. The van der Waals surface area contributed by atoms with E-state index in [0.29, 0.717) is 25.8 Å². The summed E-state index contributed by atoms with van der Waals surface area (Å²) in [5.74, 6) is 0.514. The number of benzene rings is 1. The molecule has 1 rings (SSSR count). The normalized spacial score (nSPS) is 9.55.